The molecule has 1 aromatic heterocycles. The van der Waals surface area contributed by atoms with Gasteiger partial charge in [-0.25, -0.2) is 13.4 Å². The molecule has 1 saturated carbocycles. The van der Waals surface area contributed by atoms with Crippen LogP contribution < -0.4 is 0 Å². The molecule has 2 aromatic rings. The van der Waals surface area contributed by atoms with Crippen LogP contribution in [0.1, 0.15) is 36.6 Å². The van der Waals surface area contributed by atoms with Crippen molar-refractivity contribution in [1.82, 2.24) is 4.98 Å². The third kappa shape index (κ3) is 2.43. The standard InChI is InChI=1S/C14H15NO4S/c16-11-5-2-6-12(7-11)20(17,18)8-13-14(19-9-15-13)10-3-1-4-10/h2,5-7,9-10,16H,1,3-4,8H2. The molecule has 106 valence electrons. The maximum absolute atomic E-state index is 12.3. The summed E-state index contributed by atoms with van der Waals surface area (Å²) in [5.41, 5.74) is 0.484. The minimum absolute atomic E-state index is 0.0644. The maximum atomic E-state index is 12.3. The van der Waals surface area contributed by atoms with Gasteiger partial charge in [-0.05, 0) is 31.0 Å². The lowest BCUT2D eigenvalue weighted by atomic mass is 9.83. The van der Waals surface area contributed by atoms with Gasteiger partial charge in [-0.15, -0.1) is 0 Å². The average Bonchev–Trinajstić information content (AvgIpc) is 2.74. The first-order valence-electron chi connectivity index (χ1n) is 6.50. The number of hydrogen-bond donors (Lipinski definition) is 1. The maximum Gasteiger partial charge on any atom is 0.184 e. The van der Waals surface area contributed by atoms with Crippen LogP contribution in [0.3, 0.4) is 0 Å². The second-order valence-corrected chi connectivity index (χ2v) is 7.04. The van der Waals surface area contributed by atoms with Gasteiger partial charge in [0.25, 0.3) is 0 Å². The fourth-order valence-electron chi connectivity index (χ4n) is 2.33. The van der Waals surface area contributed by atoms with E-state index >= 15 is 0 Å². The molecule has 0 saturated heterocycles. The highest BCUT2D eigenvalue weighted by molar-refractivity contribution is 7.90. The van der Waals surface area contributed by atoms with Crippen LogP contribution in [-0.4, -0.2) is 18.5 Å². The molecule has 0 aliphatic heterocycles. The number of rotatable bonds is 4. The van der Waals surface area contributed by atoms with Crippen molar-refractivity contribution in [2.45, 2.75) is 35.8 Å². The van der Waals surface area contributed by atoms with Gasteiger partial charge < -0.3 is 9.52 Å². The molecule has 0 unspecified atom stereocenters. The second-order valence-electron chi connectivity index (χ2n) is 5.05. The number of phenols is 1. The van der Waals surface area contributed by atoms with Crippen LogP contribution in [0, 0.1) is 0 Å². The minimum atomic E-state index is -3.53. The first kappa shape index (κ1) is 13.2. The molecule has 1 aliphatic rings. The lowest BCUT2D eigenvalue weighted by Gasteiger charge is -2.23. The van der Waals surface area contributed by atoms with Gasteiger partial charge in [-0.3, -0.25) is 0 Å². The van der Waals surface area contributed by atoms with Crippen molar-refractivity contribution in [2.75, 3.05) is 0 Å². The molecular formula is C14H15NO4S. The van der Waals surface area contributed by atoms with Crippen LogP contribution in [0.5, 0.6) is 5.75 Å². The molecule has 1 heterocycles. The number of hydrogen-bond acceptors (Lipinski definition) is 5. The second kappa shape index (κ2) is 4.94. The largest absolute Gasteiger partial charge is 0.508 e. The molecule has 0 spiro atoms. The van der Waals surface area contributed by atoms with E-state index in [1.165, 1.54) is 30.7 Å². The van der Waals surface area contributed by atoms with Gasteiger partial charge in [-0.2, -0.15) is 0 Å². The highest BCUT2D eigenvalue weighted by atomic mass is 32.2. The zero-order chi connectivity index (χ0) is 14.2. The number of nitrogens with zero attached hydrogens (tertiary/aromatic N) is 1. The van der Waals surface area contributed by atoms with Gasteiger partial charge in [0.1, 0.15) is 17.3 Å². The van der Waals surface area contributed by atoms with Crippen LogP contribution >= 0.6 is 0 Å². The fourth-order valence-corrected chi connectivity index (χ4v) is 3.66. The first-order valence-corrected chi connectivity index (χ1v) is 8.15. The highest BCUT2D eigenvalue weighted by Crippen LogP contribution is 2.38. The number of sulfone groups is 1. The predicted molar refractivity (Wildman–Crippen MR) is 72.1 cm³/mol. The SMILES string of the molecule is O=S(=O)(Cc1ncoc1C1CCC1)c1cccc(O)c1. The molecule has 3 rings (SSSR count). The molecule has 0 amide bonds. The van der Waals surface area contributed by atoms with Crippen LogP contribution in [0.15, 0.2) is 40.0 Å². The summed E-state index contributed by atoms with van der Waals surface area (Å²) >= 11 is 0. The molecule has 1 N–H and O–H groups in total. The minimum Gasteiger partial charge on any atom is -0.508 e. The van der Waals surface area contributed by atoms with Crippen molar-refractivity contribution in [3.05, 3.63) is 42.1 Å². The van der Waals surface area contributed by atoms with E-state index in [2.05, 4.69) is 4.98 Å². The number of phenolic OH excluding ortho intramolecular Hbond substituents is 1. The quantitative estimate of drug-likeness (QED) is 0.937. The lowest BCUT2D eigenvalue weighted by Crippen LogP contribution is -2.13. The van der Waals surface area contributed by atoms with E-state index in [0.717, 1.165) is 19.3 Å². The summed E-state index contributed by atoms with van der Waals surface area (Å²) in [6, 6.07) is 5.67. The molecule has 6 heteroatoms. The zero-order valence-corrected chi connectivity index (χ0v) is 11.6. The summed E-state index contributed by atoms with van der Waals surface area (Å²) in [6.45, 7) is 0. The summed E-state index contributed by atoms with van der Waals surface area (Å²) in [4.78, 5) is 4.14. The first-order chi connectivity index (χ1) is 9.56. The molecule has 1 fully saturated rings. The molecule has 0 atom stereocenters. The Kier molecular flexibility index (Phi) is 3.25. The van der Waals surface area contributed by atoms with E-state index < -0.39 is 9.84 Å². The van der Waals surface area contributed by atoms with Crippen molar-refractivity contribution in [1.29, 1.82) is 0 Å². The van der Waals surface area contributed by atoms with E-state index in [-0.39, 0.29) is 16.4 Å². The molecule has 5 nitrogen and oxygen atoms in total. The Balaban J connectivity index is 1.88. The Morgan fingerprint density at radius 3 is 2.80 bits per heavy atom. The van der Waals surface area contributed by atoms with Gasteiger partial charge in [0, 0.05) is 5.92 Å². The predicted octanol–water partition coefficient (Wildman–Crippen LogP) is 2.62. The van der Waals surface area contributed by atoms with Gasteiger partial charge in [-0.1, -0.05) is 12.5 Å². The van der Waals surface area contributed by atoms with Gasteiger partial charge in [0.2, 0.25) is 0 Å². The van der Waals surface area contributed by atoms with E-state index in [4.69, 9.17) is 4.42 Å². The third-order valence-electron chi connectivity index (χ3n) is 3.65. The van der Waals surface area contributed by atoms with E-state index in [0.29, 0.717) is 17.4 Å². The third-order valence-corrected chi connectivity index (χ3v) is 5.28. The monoisotopic (exact) mass is 293 g/mol. The summed E-state index contributed by atoms with van der Waals surface area (Å²) in [7, 11) is -3.53. The average molecular weight is 293 g/mol. The normalized spacial score (nSPS) is 16.0. The van der Waals surface area contributed by atoms with Crippen molar-refractivity contribution in [3.8, 4) is 5.75 Å². The number of oxazole rings is 1. The summed E-state index contributed by atoms with van der Waals surface area (Å²) in [6.07, 6.45) is 4.49. The molecule has 1 aliphatic carbocycles. The lowest BCUT2D eigenvalue weighted by molar-refractivity contribution is 0.344. The summed E-state index contributed by atoms with van der Waals surface area (Å²) in [5, 5.41) is 9.39. The summed E-state index contributed by atoms with van der Waals surface area (Å²) < 4.78 is 30.0. The van der Waals surface area contributed by atoms with E-state index in [1.54, 1.807) is 0 Å². The summed E-state index contributed by atoms with van der Waals surface area (Å²) in [5.74, 6) is 0.732. The Labute approximate surface area is 117 Å². The Morgan fingerprint density at radius 2 is 2.15 bits per heavy atom. The molecular weight excluding hydrogens is 278 g/mol. The van der Waals surface area contributed by atoms with Crippen molar-refractivity contribution in [2.24, 2.45) is 0 Å². The number of benzene rings is 1. The van der Waals surface area contributed by atoms with Crippen LogP contribution in [-0.2, 0) is 15.6 Å². The number of aromatic nitrogens is 1. The van der Waals surface area contributed by atoms with Crippen molar-refractivity contribution < 1.29 is 17.9 Å². The molecule has 1 aromatic carbocycles. The van der Waals surface area contributed by atoms with Crippen molar-refractivity contribution in [3.63, 3.8) is 0 Å². The Bertz CT molecular complexity index is 716. The topological polar surface area (TPSA) is 80.4 Å². The fraction of sp³-hybridized carbons (Fsp3) is 0.357. The van der Waals surface area contributed by atoms with E-state index in [9.17, 15) is 13.5 Å². The molecule has 20 heavy (non-hydrogen) atoms. The Morgan fingerprint density at radius 1 is 1.35 bits per heavy atom. The zero-order valence-electron chi connectivity index (χ0n) is 10.8. The molecule has 0 bridgehead atoms. The van der Waals surface area contributed by atoms with E-state index in [1.807, 2.05) is 0 Å². The van der Waals surface area contributed by atoms with Gasteiger partial charge >= 0.3 is 0 Å². The number of aromatic hydroxyl groups is 1. The Hall–Kier alpha value is -1.82. The van der Waals surface area contributed by atoms with Crippen molar-refractivity contribution >= 4 is 9.84 Å². The smallest absolute Gasteiger partial charge is 0.184 e. The van der Waals surface area contributed by atoms with Gasteiger partial charge in [0.05, 0.1) is 10.6 Å². The highest BCUT2D eigenvalue weighted by Gasteiger charge is 2.28. The van der Waals surface area contributed by atoms with Gasteiger partial charge in [0.15, 0.2) is 16.2 Å². The van der Waals surface area contributed by atoms with Crippen LogP contribution in [0.25, 0.3) is 0 Å². The molecule has 0 radical (unpaired) electrons. The van der Waals surface area contributed by atoms with Crippen LogP contribution in [0.4, 0.5) is 0 Å². The van der Waals surface area contributed by atoms with Crippen LogP contribution in [0.2, 0.25) is 0 Å².